The van der Waals surface area contributed by atoms with E-state index < -0.39 is 0 Å². The molecule has 2 N–H and O–H groups in total. The average Bonchev–Trinajstić information content (AvgIpc) is 2.32. The molecule has 0 bridgehead atoms. The first-order chi connectivity index (χ1) is 8.77. The minimum absolute atomic E-state index is 0.154. The lowest BCUT2D eigenvalue weighted by molar-refractivity contribution is 0.237. The van der Waals surface area contributed by atoms with Crippen molar-refractivity contribution in [2.45, 2.75) is 34.2 Å². The fraction of sp³-hybridized carbons (Fsp3) is 0.600. The molecule has 0 aliphatic heterocycles. The summed E-state index contributed by atoms with van der Waals surface area (Å²) in [5.41, 5.74) is 0.960. The molecule has 0 unspecified atom stereocenters. The van der Waals surface area contributed by atoms with Crippen molar-refractivity contribution in [1.82, 2.24) is 5.32 Å². The molecule has 0 amide bonds. The summed E-state index contributed by atoms with van der Waals surface area (Å²) in [6, 6.07) is 3.37. The van der Waals surface area contributed by atoms with Crippen LogP contribution in [0.15, 0.2) is 12.1 Å². The Hall–Kier alpha value is -0.930. The SMILES string of the molecule is COc1cc(Cl)cc(CNCC(C)(C)C(C)C)c1O. The van der Waals surface area contributed by atoms with Crippen molar-refractivity contribution in [2.75, 3.05) is 13.7 Å². The number of phenolic OH excluding ortho intramolecular Hbond substituents is 1. The van der Waals surface area contributed by atoms with E-state index in [0.29, 0.717) is 23.2 Å². The molecular formula is C15H24ClNO2. The normalized spacial score (nSPS) is 11.9. The first kappa shape index (κ1) is 16.1. The molecule has 0 aliphatic carbocycles. The van der Waals surface area contributed by atoms with Crippen molar-refractivity contribution in [3.05, 3.63) is 22.7 Å². The molecule has 1 aromatic rings. The van der Waals surface area contributed by atoms with Crippen LogP contribution in [0.4, 0.5) is 0 Å². The number of nitrogens with one attached hydrogen (secondary N) is 1. The van der Waals surface area contributed by atoms with E-state index in [4.69, 9.17) is 16.3 Å². The lowest BCUT2D eigenvalue weighted by atomic mass is 9.81. The molecule has 0 saturated carbocycles. The van der Waals surface area contributed by atoms with E-state index in [-0.39, 0.29) is 11.2 Å². The zero-order valence-corrected chi connectivity index (χ0v) is 13.1. The number of ether oxygens (including phenoxy) is 1. The minimum atomic E-state index is 0.154. The smallest absolute Gasteiger partial charge is 0.162 e. The van der Waals surface area contributed by atoms with Crippen molar-refractivity contribution in [1.29, 1.82) is 0 Å². The Morgan fingerprint density at radius 1 is 1.37 bits per heavy atom. The molecule has 3 nitrogen and oxygen atoms in total. The average molecular weight is 286 g/mol. The van der Waals surface area contributed by atoms with Gasteiger partial charge >= 0.3 is 0 Å². The number of benzene rings is 1. The van der Waals surface area contributed by atoms with Crippen LogP contribution in [0, 0.1) is 11.3 Å². The molecule has 0 aromatic heterocycles. The van der Waals surface area contributed by atoms with Gasteiger partial charge in [0, 0.05) is 29.7 Å². The molecule has 0 spiro atoms. The van der Waals surface area contributed by atoms with Gasteiger partial charge in [0.25, 0.3) is 0 Å². The van der Waals surface area contributed by atoms with Gasteiger partial charge in [0.2, 0.25) is 0 Å². The van der Waals surface area contributed by atoms with Crippen LogP contribution in [0.1, 0.15) is 33.3 Å². The lowest BCUT2D eigenvalue weighted by Gasteiger charge is -2.29. The largest absolute Gasteiger partial charge is 0.504 e. The summed E-state index contributed by atoms with van der Waals surface area (Å²) < 4.78 is 5.09. The van der Waals surface area contributed by atoms with Crippen molar-refractivity contribution < 1.29 is 9.84 Å². The minimum Gasteiger partial charge on any atom is -0.504 e. The van der Waals surface area contributed by atoms with Crippen molar-refractivity contribution in [2.24, 2.45) is 11.3 Å². The lowest BCUT2D eigenvalue weighted by Crippen LogP contribution is -2.33. The van der Waals surface area contributed by atoms with Gasteiger partial charge in [0.15, 0.2) is 11.5 Å². The molecule has 0 radical (unpaired) electrons. The molecule has 0 aliphatic rings. The van der Waals surface area contributed by atoms with E-state index in [2.05, 4.69) is 33.0 Å². The standard InChI is InChI=1S/C15H24ClNO2/c1-10(2)15(3,4)9-17-8-11-6-12(16)7-13(19-5)14(11)18/h6-7,10,17-18H,8-9H2,1-5H3. The molecule has 0 atom stereocenters. The van der Waals surface area contributed by atoms with Crippen LogP contribution in [-0.4, -0.2) is 18.8 Å². The van der Waals surface area contributed by atoms with E-state index in [0.717, 1.165) is 12.1 Å². The molecule has 1 rings (SSSR count). The summed E-state index contributed by atoms with van der Waals surface area (Å²) in [6.45, 7) is 10.3. The quantitative estimate of drug-likeness (QED) is 0.835. The highest BCUT2D eigenvalue weighted by Gasteiger charge is 2.21. The fourth-order valence-corrected chi connectivity index (χ4v) is 1.87. The zero-order chi connectivity index (χ0) is 14.6. The summed E-state index contributed by atoms with van der Waals surface area (Å²) in [4.78, 5) is 0. The van der Waals surface area contributed by atoms with Gasteiger partial charge in [-0.15, -0.1) is 0 Å². The maximum Gasteiger partial charge on any atom is 0.162 e. The Labute approximate surface area is 120 Å². The number of hydrogen-bond acceptors (Lipinski definition) is 3. The summed E-state index contributed by atoms with van der Waals surface area (Å²) in [5, 5.41) is 14.0. The van der Waals surface area contributed by atoms with Crippen LogP contribution in [0.3, 0.4) is 0 Å². The van der Waals surface area contributed by atoms with Crippen LogP contribution < -0.4 is 10.1 Å². The predicted molar refractivity (Wildman–Crippen MR) is 80.0 cm³/mol. The molecule has 0 saturated heterocycles. The van der Waals surface area contributed by atoms with Gasteiger partial charge in [-0.1, -0.05) is 39.3 Å². The molecule has 19 heavy (non-hydrogen) atoms. The fourth-order valence-electron chi connectivity index (χ4n) is 1.64. The Balaban J connectivity index is 2.71. The van der Waals surface area contributed by atoms with Gasteiger partial charge < -0.3 is 15.2 Å². The highest BCUT2D eigenvalue weighted by molar-refractivity contribution is 6.30. The third-order valence-electron chi connectivity index (χ3n) is 3.80. The second kappa shape index (κ2) is 6.49. The topological polar surface area (TPSA) is 41.5 Å². The summed E-state index contributed by atoms with van der Waals surface area (Å²) >= 11 is 6.00. The third-order valence-corrected chi connectivity index (χ3v) is 4.02. The Kier molecular flexibility index (Phi) is 5.50. The van der Waals surface area contributed by atoms with Crippen molar-refractivity contribution in [3.8, 4) is 11.5 Å². The van der Waals surface area contributed by atoms with E-state index in [1.165, 1.54) is 7.11 Å². The second-order valence-electron chi connectivity index (χ2n) is 5.86. The first-order valence-corrected chi connectivity index (χ1v) is 6.92. The molecule has 4 heteroatoms. The maximum atomic E-state index is 10.0. The van der Waals surface area contributed by atoms with Crippen molar-refractivity contribution in [3.63, 3.8) is 0 Å². The molecule has 0 heterocycles. The maximum absolute atomic E-state index is 10.0. The number of phenols is 1. The summed E-state index contributed by atoms with van der Waals surface area (Å²) in [7, 11) is 1.52. The number of rotatable bonds is 6. The van der Waals surface area contributed by atoms with Crippen LogP contribution in [0.5, 0.6) is 11.5 Å². The third kappa shape index (κ3) is 4.29. The highest BCUT2D eigenvalue weighted by atomic mass is 35.5. The van der Waals surface area contributed by atoms with Crippen LogP contribution in [-0.2, 0) is 6.54 Å². The monoisotopic (exact) mass is 285 g/mol. The summed E-state index contributed by atoms with van der Waals surface area (Å²) in [5.74, 6) is 1.15. The van der Waals surface area contributed by atoms with Gasteiger partial charge in [-0.25, -0.2) is 0 Å². The molecular weight excluding hydrogens is 262 g/mol. The van der Waals surface area contributed by atoms with Crippen molar-refractivity contribution >= 4 is 11.6 Å². The number of hydrogen-bond donors (Lipinski definition) is 2. The highest BCUT2D eigenvalue weighted by Crippen LogP contribution is 2.33. The van der Waals surface area contributed by atoms with Gasteiger partial charge in [0.1, 0.15) is 0 Å². The molecule has 108 valence electrons. The van der Waals surface area contributed by atoms with Crippen LogP contribution in [0.25, 0.3) is 0 Å². The number of methoxy groups -OCH3 is 1. The van der Waals surface area contributed by atoms with Gasteiger partial charge in [-0.05, 0) is 17.4 Å². The predicted octanol–water partition coefficient (Wildman–Crippen LogP) is 3.83. The van der Waals surface area contributed by atoms with E-state index in [9.17, 15) is 5.11 Å². The number of halogens is 1. The first-order valence-electron chi connectivity index (χ1n) is 6.54. The van der Waals surface area contributed by atoms with E-state index in [1.807, 2.05) is 0 Å². The van der Waals surface area contributed by atoms with Crippen LogP contribution >= 0.6 is 11.6 Å². The Bertz CT molecular complexity index is 430. The van der Waals surface area contributed by atoms with Gasteiger partial charge in [0.05, 0.1) is 7.11 Å². The van der Waals surface area contributed by atoms with Gasteiger partial charge in [-0.3, -0.25) is 0 Å². The zero-order valence-electron chi connectivity index (χ0n) is 12.4. The Morgan fingerprint density at radius 3 is 2.53 bits per heavy atom. The Morgan fingerprint density at radius 2 is 2.00 bits per heavy atom. The van der Waals surface area contributed by atoms with Gasteiger partial charge in [-0.2, -0.15) is 0 Å². The summed E-state index contributed by atoms with van der Waals surface area (Å²) in [6.07, 6.45) is 0. The van der Waals surface area contributed by atoms with Crippen LogP contribution in [0.2, 0.25) is 5.02 Å². The second-order valence-corrected chi connectivity index (χ2v) is 6.30. The molecule has 1 aromatic carbocycles. The number of aromatic hydroxyl groups is 1. The van der Waals surface area contributed by atoms with E-state index >= 15 is 0 Å². The molecule has 0 fully saturated rings. The van der Waals surface area contributed by atoms with E-state index in [1.54, 1.807) is 12.1 Å².